The highest BCUT2D eigenvalue weighted by Gasteiger charge is 2.32. The molecule has 108 valence electrons. The maximum Gasteiger partial charge on any atom is 0.251 e. The third kappa shape index (κ3) is 3.35. The minimum atomic E-state index is -0.235. The zero-order chi connectivity index (χ0) is 14.7. The average molecular weight is 292 g/mol. The Morgan fingerprint density at radius 2 is 2.00 bits per heavy atom. The fourth-order valence-electron chi connectivity index (χ4n) is 2.09. The van der Waals surface area contributed by atoms with E-state index >= 15 is 0 Å². The summed E-state index contributed by atoms with van der Waals surface area (Å²) in [6, 6.07) is 7.75. The van der Waals surface area contributed by atoms with E-state index in [1.807, 2.05) is 45.0 Å². The van der Waals surface area contributed by atoms with E-state index < -0.39 is 0 Å². The fraction of sp³-hybridized carbons (Fsp3) is 0.467. The van der Waals surface area contributed by atoms with Crippen LogP contribution in [0.1, 0.15) is 31.9 Å². The van der Waals surface area contributed by atoms with Crippen molar-refractivity contribution < 1.29 is 9.53 Å². The summed E-state index contributed by atoms with van der Waals surface area (Å²) in [5.41, 5.74) is 2.16. The van der Waals surface area contributed by atoms with Gasteiger partial charge in [-0.2, -0.15) is 0 Å². The van der Waals surface area contributed by atoms with Gasteiger partial charge in [-0.3, -0.25) is 9.69 Å². The molecule has 20 heavy (non-hydrogen) atoms. The highest BCUT2D eigenvalue weighted by atomic mass is 32.1. The van der Waals surface area contributed by atoms with Crippen molar-refractivity contribution in [2.24, 2.45) is 0 Å². The molecule has 1 aliphatic rings. The first-order chi connectivity index (χ1) is 9.49. The van der Waals surface area contributed by atoms with Crippen LogP contribution in [0.25, 0.3) is 0 Å². The number of nitrogens with one attached hydrogen (secondary N) is 1. The van der Waals surface area contributed by atoms with Gasteiger partial charge in [0.2, 0.25) is 0 Å². The molecule has 1 aliphatic heterocycles. The Bertz CT molecular complexity index is 516. The van der Waals surface area contributed by atoms with E-state index in [4.69, 9.17) is 17.0 Å². The number of hydrogen-bond donors (Lipinski definition) is 1. The first-order valence-electron chi connectivity index (χ1n) is 6.79. The number of carbonyl (C=O) groups is 1. The zero-order valence-corrected chi connectivity index (χ0v) is 12.9. The van der Waals surface area contributed by atoms with Crippen molar-refractivity contribution in [1.82, 2.24) is 10.2 Å². The number of amides is 1. The fourth-order valence-corrected chi connectivity index (χ4v) is 2.42. The van der Waals surface area contributed by atoms with Crippen molar-refractivity contribution >= 4 is 23.2 Å². The second kappa shape index (κ2) is 6.33. The van der Waals surface area contributed by atoms with E-state index in [2.05, 4.69) is 5.32 Å². The molecule has 4 nitrogen and oxygen atoms in total. The predicted octanol–water partition coefficient (Wildman–Crippen LogP) is 2.22. The quantitative estimate of drug-likeness (QED) is 0.845. The molecule has 1 unspecified atom stereocenters. The zero-order valence-electron chi connectivity index (χ0n) is 12.1. The number of hydrogen-bond acceptors (Lipinski definition) is 3. The van der Waals surface area contributed by atoms with Crippen LogP contribution >= 0.6 is 12.2 Å². The summed E-state index contributed by atoms with van der Waals surface area (Å²) in [4.78, 5) is 13.7. The van der Waals surface area contributed by atoms with Crippen LogP contribution in [0.4, 0.5) is 0 Å². The van der Waals surface area contributed by atoms with Crippen molar-refractivity contribution in [1.29, 1.82) is 0 Å². The molecular weight excluding hydrogens is 272 g/mol. The van der Waals surface area contributed by atoms with Gasteiger partial charge in [-0.25, -0.2) is 0 Å². The topological polar surface area (TPSA) is 41.6 Å². The van der Waals surface area contributed by atoms with E-state index in [0.29, 0.717) is 18.3 Å². The number of carbonyl (C=O) groups excluding carboxylic acids is 1. The van der Waals surface area contributed by atoms with Crippen LogP contribution < -0.4 is 5.32 Å². The molecule has 1 aromatic rings. The molecule has 1 saturated heterocycles. The molecule has 0 aliphatic carbocycles. The molecule has 1 atom stereocenters. The average Bonchev–Trinajstić information content (AvgIpc) is 2.64. The van der Waals surface area contributed by atoms with Gasteiger partial charge in [-0.05, 0) is 44.1 Å². The van der Waals surface area contributed by atoms with E-state index in [0.717, 1.165) is 11.1 Å². The lowest BCUT2D eigenvalue weighted by Gasteiger charge is -2.18. The molecule has 0 spiro atoms. The third-order valence-electron chi connectivity index (χ3n) is 3.24. The summed E-state index contributed by atoms with van der Waals surface area (Å²) in [5.74, 6) is 0.0228. The van der Waals surface area contributed by atoms with Gasteiger partial charge in [-0.15, -0.1) is 0 Å². The SMILES string of the molecule is CC(C)OCc1ccccc1CN1C(=O)C(C)NC1=S. The molecule has 0 aromatic heterocycles. The Balaban J connectivity index is 2.13. The minimum Gasteiger partial charge on any atom is -0.374 e. The molecule has 0 bridgehead atoms. The molecule has 1 N–H and O–H groups in total. The van der Waals surface area contributed by atoms with Gasteiger partial charge in [0, 0.05) is 0 Å². The molecule has 2 rings (SSSR count). The number of thiocarbonyl (C=S) groups is 1. The van der Waals surface area contributed by atoms with Crippen LogP contribution in [0.15, 0.2) is 24.3 Å². The summed E-state index contributed by atoms with van der Waals surface area (Å²) in [6.45, 7) is 6.88. The van der Waals surface area contributed by atoms with Crippen LogP contribution in [-0.2, 0) is 22.7 Å². The molecule has 5 heteroatoms. The van der Waals surface area contributed by atoms with Crippen LogP contribution in [-0.4, -0.2) is 28.1 Å². The first kappa shape index (κ1) is 14.9. The summed E-state index contributed by atoms with van der Waals surface area (Å²) in [5, 5.41) is 3.49. The van der Waals surface area contributed by atoms with E-state index in [9.17, 15) is 4.79 Å². The van der Waals surface area contributed by atoms with E-state index in [-0.39, 0.29) is 18.1 Å². The summed E-state index contributed by atoms with van der Waals surface area (Å²) in [7, 11) is 0. The maximum atomic E-state index is 12.0. The van der Waals surface area contributed by atoms with Gasteiger partial charge in [0.05, 0.1) is 19.3 Å². The lowest BCUT2D eigenvalue weighted by molar-refractivity contribution is -0.127. The van der Waals surface area contributed by atoms with E-state index in [1.165, 1.54) is 0 Å². The second-order valence-electron chi connectivity index (χ2n) is 5.22. The van der Waals surface area contributed by atoms with Gasteiger partial charge < -0.3 is 10.1 Å². The van der Waals surface area contributed by atoms with Gasteiger partial charge in [0.1, 0.15) is 6.04 Å². The minimum absolute atomic E-state index is 0.0228. The predicted molar refractivity (Wildman–Crippen MR) is 82.1 cm³/mol. The largest absolute Gasteiger partial charge is 0.374 e. The number of nitrogens with zero attached hydrogens (tertiary/aromatic N) is 1. The van der Waals surface area contributed by atoms with Crippen LogP contribution in [0.3, 0.4) is 0 Å². The number of ether oxygens (including phenoxy) is 1. The van der Waals surface area contributed by atoms with Crippen LogP contribution in [0.5, 0.6) is 0 Å². The lowest BCUT2D eigenvalue weighted by atomic mass is 10.1. The smallest absolute Gasteiger partial charge is 0.251 e. The first-order valence-corrected chi connectivity index (χ1v) is 7.20. The number of rotatable bonds is 5. The molecule has 1 aromatic carbocycles. The maximum absolute atomic E-state index is 12.0. The van der Waals surface area contributed by atoms with Crippen LogP contribution in [0, 0.1) is 0 Å². The lowest BCUT2D eigenvalue weighted by Crippen LogP contribution is -2.30. The molecular formula is C15H20N2O2S. The molecule has 1 heterocycles. The standard InChI is InChI=1S/C15H20N2O2S/c1-10(2)19-9-13-7-5-4-6-12(13)8-17-14(18)11(3)16-15(17)20/h4-7,10-11H,8-9H2,1-3H3,(H,16,20). The van der Waals surface area contributed by atoms with Crippen LogP contribution in [0.2, 0.25) is 0 Å². The molecule has 1 amide bonds. The van der Waals surface area contributed by atoms with Crippen molar-refractivity contribution in [3.05, 3.63) is 35.4 Å². The van der Waals surface area contributed by atoms with Gasteiger partial charge in [-0.1, -0.05) is 24.3 Å². The van der Waals surface area contributed by atoms with Gasteiger partial charge in [0.25, 0.3) is 5.91 Å². The monoisotopic (exact) mass is 292 g/mol. The normalized spacial score (nSPS) is 18.8. The molecule has 0 saturated carbocycles. The van der Waals surface area contributed by atoms with Gasteiger partial charge >= 0.3 is 0 Å². The van der Waals surface area contributed by atoms with Crippen molar-refractivity contribution in [3.63, 3.8) is 0 Å². The Labute approximate surface area is 125 Å². The van der Waals surface area contributed by atoms with Gasteiger partial charge in [0.15, 0.2) is 5.11 Å². The van der Waals surface area contributed by atoms with E-state index in [1.54, 1.807) is 4.90 Å². The highest BCUT2D eigenvalue weighted by molar-refractivity contribution is 7.80. The number of benzene rings is 1. The summed E-state index contributed by atoms with van der Waals surface area (Å²) < 4.78 is 5.66. The Kier molecular flexibility index (Phi) is 4.73. The third-order valence-corrected chi connectivity index (χ3v) is 3.58. The Hall–Kier alpha value is -1.46. The molecule has 1 fully saturated rings. The second-order valence-corrected chi connectivity index (χ2v) is 5.61. The van der Waals surface area contributed by atoms with Crippen molar-refractivity contribution in [2.45, 2.75) is 46.1 Å². The Morgan fingerprint density at radius 3 is 2.55 bits per heavy atom. The molecule has 0 radical (unpaired) electrons. The van der Waals surface area contributed by atoms with Crippen molar-refractivity contribution in [2.75, 3.05) is 0 Å². The highest BCUT2D eigenvalue weighted by Crippen LogP contribution is 2.17. The van der Waals surface area contributed by atoms with Crippen molar-refractivity contribution in [3.8, 4) is 0 Å². The summed E-state index contributed by atoms with van der Waals surface area (Å²) in [6.07, 6.45) is 0.180. The Morgan fingerprint density at radius 1 is 1.35 bits per heavy atom. The summed E-state index contributed by atoms with van der Waals surface area (Å²) >= 11 is 5.21.